The lowest BCUT2D eigenvalue weighted by Crippen LogP contribution is -2.31. The third kappa shape index (κ3) is 4.73. The standard InChI is InChI=1S/C21H19ClN6O2S/c1-12-23-19(13-7-9-14(30-2)10-8-13)17(31-12)11-18(29)24-20(21-25-27-28-26-21)15-5-3-4-6-16(15)22/h3-10,20H,11H2,1-2H3,(H,24,29)(H,25,26,27,28). The Morgan fingerprint density at radius 1 is 1.23 bits per heavy atom. The quantitative estimate of drug-likeness (QED) is 0.440. The smallest absolute Gasteiger partial charge is 0.226 e. The van der Waals surface area contributed by atoms with Gasteiger partial charge in [-0.1, -0.05) is 35.0 Å². The number of hydrogen-bond acceptors (Lipinski definition) is 7. The highest BCUT2D eigenvalue weighted by Gasteiger charge is 2.24. The van der Waals surface area contributed by atoms with Crippen molar-refractivity contribution in [1.82, 2.24) is 30.9 Å². The van der Waals surface area contributed by atoms with Crippen LogP contribution in [0.25, 0.3) is 11.3 Å². The van der Waals surface area contributed by atoms with Gasteiger partial charge in [0.2, 0.25) is 11.7 Å². The zero-order chi connectivity index (χ0) is 21.8. The highest BCUT2D eigenvalue weighted by atomic mass is 35.5. The first kappa shape index (κ1) is 21.0. The molecular formula is C21H19ClN6O2S. The average molecular weight is 455 g/mol. The summed E-state index contributed by atoms with van der Waals surface area (Å²) in [5.74, 6) is 0.892. The van der Waals surface area contributed by atoms with Gasteiger partial charge in [-0.05, 0) is 37.3 Å². The van der Waals surface area contributed by atoms with Crippen LogP contribution >= 0.6 is 22.9 Å². The lowest BCUT2D eigenvalue weighted by Gasteiger charge is -2.17. The van der Waals surface area contributed by atoms with Gasteiger partial charge in [-0.25, -0.2) is 4.98 Å². The van der Waals surface area contributed by atoms with E-state index in [0.29, 0.717) is 16.4 Å². The number of hydrogen-bond donors (Lipinski definition) is 2. The molecule has 2 aromatic heterocycles. The minimum absolute atomic E-state index is 0.158. The molecule has 0 fully saturated rings. The Kier molecular flexibility index (Phi) is 6.24. The summed E-state index contributed by atoms with van der Waals surface area (Å²) >= 11 is 7.85. The molecule has 4 rings (SSSR count). The van der Waals surface area contributed by atoms with Crippen LogP contribution in [0.2, 0.25) is 5.02 Å². The number of thiazole rings is 1. The van der Waals surface area contributed by atoms with Gasteiger partial charge in [-0.3, -0.25) is 4.79 Å². The maximum absolute atomic E-state index is 13.0. The van der Waals surface area contributed by atoms with Gasteiger partial charge in [0.05, 0.1) is 24.2 Å². The first-order chi connectivity index (χ1) is 15.0. The molecule has 0 saturated carbocycles. The van der Waals surface area contributed by atoms with E-state index in [1.807, 2.05) is 49.4 Å². The summed E-state index contributed by atoms with van der Waals surface area (Å²) in [7, 11) is 1.62. The number of tetrazole rings is 1. The molecule has 8 nitrogen and oxygen atoms in total. The predicted octanol–water partition coefficient (Wildman–Crippen LogP) is 3.74. The lowest BCUT2D eigenvalue weighted by atomic mass is 10.1. The Hall–Kier alpha value is -3.30. The van der Waals surface area contributed by atoms with E-state index in [2.05, 4.69) is 30.9 Å². The minimum Gasteiger partial charge on any atom is -0.497 e. The van der Waals surface area contributed by atoms with Gasteiger partial charge < -0.3 is 10.1 Å². The van der Waals surface area contributed by atoms with Gasteiger partial charge in [-0.2, -0.15) is 5.21 Å². The molecule has 10 heteroatoms. The van der Waals surface area contributed by atoms with Crippen LogP contribution in [0, 0.1) is 6.92 Å². The zero-order valence-corrected chi connectivity index (χ0v) is 18.4. The Balaban J connectivity index is 1.58. The Morgan fingerprint density at radius 2 is 2.00 bits per heavy atom. The van der Waals surface area contributed by atoms with Gasteiger partial charge in [0.15, 0.2) is 0 Å². The number of benzene rings is 2. The highest BCUT2D eigenvalue weighted by Crippen LogP contribution is 2.31. The molecule has 0 bridgehead atoms. The number of nitrogens with zero attached hydrogens (tertiary/aromatic N) is 4. The number of ether oxygens (including phenoxy) is 1. The molecule has 2 N–H and O–H groups in total. The first-order valence-corrected chi connectivity index (χ1v) is 10.6. The fourth-order valence-corrected chi connectivity index (χ4v) is 4.41. The predicted molar refractivity (Wildman–Crippen MR) is 118 cm³/mol. The van der Waals surface area contributed by atoms with Crippen molar-refractivity contribution in [3.8, 4) is 17.0 Å². The number of nitrogens with one attached hydrogen (secondary N) is 2. The Labute approximate surface area is 187 Å². The van der Waals surface area contributed by atoms with E-state index in [-0.39, 0.29) is 12.3 Å². The molecule has 0 radical (unpaired) electrons. The molecule has 1 unspecified atom stereocenters. The number of aromatic amines is 1. The summed E-state index contributed by atoms with van der Waals surface area (Å²) in [5, 5.41) is 18.5. The molecule has 31 heavy (non-hydrogen) atoms. The van der Waals surface area contributed by atoms with Crippen molar-refractivity contribution in [2.75, 3.05) is 7.11 Å². The van der Waals surface area contributed by atoms with Gasteiger partial charge in [-0.15, -0.1) is 21.5 Å². The van der Waals surface area contributed by atoms with Crippen molar-refractivity contribution in [2.24, 2.45) is 0 Å². The van der Waals surface area contributed by atoms with E-state index >= 15 is 0 Å². The van der Waals surface area contributed by atoms with Crippen LogP contribution in [0.3, 0.4) is 0 Å². The number of rotatable bonds is 7. The molecular weight excluding hydrogens is 436 g/mol. The van der Waals surface area contributed by atoms with E-state index < -0.39 is 6.04 Å². The van der Waals surface area contributed by atoms with E-state index in [9.17, 15) is 4.79 Å². The zero-order valence-electron chi connectivity index (χ0n) is 16.8. The number of carbonyl (C=O) groups excluding carboxylic acids is 1. The van der Waals surface area contributed by atoms with E-state index in [4.69, 9.17) is 16.3 Å². The van der Waals surface area contributed by atoms with Crippen molar-refractivity contribution >= 4 is 28.8 Å². The summed E-state index contributed by atoms with van der Waals surface area (Å²) in [5.41, 5.74) is 2.40. The minimum atomic E-state index is -0.626. The average Bonchev–Trinajstić information content (AvgIpc) is 3.43. The van der Waals surface area contributed by atoms with Gasteiger partial charge in [0.25, 0.3) is 0 Å². The van der Waals surface area contributed by atoms with Crippen LogP contribution in [0.5, 0.6) is 5.75 Å². The molecule has 0 aliphatic heterocycles. The Bertz CT molecular complexity index is 1180. The van der Waals surface area contributed by atoms with E-state index in [0.717, 1.165) is 26.9 Å². The summed E-state index contributed by atoms with van der Waals surface area (Å²) in [6, 6.07) is 14.2. The summed E-state index contributed by atoms with van der Waals surface area (Å²) < 4.78 is 5.22. The van der Waals surface area contributed by atoms with Crippen molar-refractivity contribution in [3.63, 3.8) is 0 Å². The van der Waals surface area contributed by atoms with Crippen LogP contribution in [0.4, 0.5) is 0 Å². The van der Waals surface area contributed by atoms with Gasteiger partial charge in [0.1, 0.15) is 11.8 Å². The largest absolute Gasteiger partial charge is 0.497 e. The monoisotopic (exact) mass is 454 g/mol. The number of amides is 1. The molecule has 0 spiro atoms. The fraction of sp³-hybridized carbons (Fsp3) is 0.190. The van der Waals surface area contributed by atoms with Crippen LogP contribution in [-0.2, 0) is 11.2 Å². The third-order valence-corrected chi connectivity index (χ3v) is 5.95. The van der Waals surface area contributed by atoms with Crippen LogP contribution < -0.4 is 10.1 Å². The molecule has 158 valence electrons. The Morgan fingerprint density at radius 3 is 2.68 bits per heavy atom. The van der Waals surface area contributed by atoms with Crippen molar-refractivity contribution in [3.05, 3.63) is 74.8 Å². The fourth-order valence-electron chi connectivity index (χ4n) is 3.20. The highest BCUT2D eigenvalue weighted by molar-refractivity contribution is 7.12. The summed E-state index contributed by atoms with van der Waals surface area (Å²) in [6.45, 7) is 1.92. The SMILES string of the molecule is COc1ccc(-c2nc(C)sc2CC(=O)NC(c2nn[nH]n2)c2ccccc2Cl)cc1. The number of aromatic nitrogens is 5. The van der Waals surface area contributed by atoms with Crippen molar-refractivity contribution < 1.29 is 9.53 Å². The normalized spacial score (nSPS) is 11.8. The number of halogens is 1. The van der Waals surface area contributed by atoms with Gasteiger partial charge >= 0.3 is 0 Å². The topological polar surface area (TPSA) is 106 Å². The maximum Gasteiger partial charge on any atom is 0.226 e. The van der Waals surface area contributed by atoms with Crippen molar-refractivity contribution in [1.29, 1.82) is 0 Å². The molecule has 0 saturated heterocycles. The first-order valence-electron chi connectivity index (χ1n) is 9.43. The maximum atomic E-state index is 13.0. The molecule has 2 aromatic carbocycles. The second-order valence-electron chi connectivity index (χ2n) is 6.70. The molecule has 0 aliphatic carbocycles. The number of carbonyl (C=O) groups is 1. The van der Waals surface area contributed by atoms with Crippen LogP contribution in [0.15, 0.2) is 48.5 Å². The number of H-pyrrole nitrogens is 1. The molecule has 4 aromatic rings. The molecule has 1 amide bonds. The molecule has 0 aliphatic rings. The molecule has 2 heterocycles. The third-order valence-electron chi connectivity index (χ3n) is 4.63. The number of methoxy groups -OCH3 is 1. The van der Waals surface area contributed by atoms with Gasteiger partial charge in [0, 0.05) is 21.0 Å². The molecule has 1 atom stereocenters. The van der Waals surface area contributed by atoms with Crippen LogP contribution in [0.1, 0.15) is 27.3 Å². The number of aryl methyl sites for hydroxylation is 1. The van der Waals surface area contributed by atoms with Crippen molar-refractivity contribution in [2.45, 2.75) is 19.4 Å². The second kappa shape index (κ2) is 9.23. The lowest BCUT2D eigenvalue weighted by molar-refractivity contribution is -0.120. The second-order valence-corrected chi connectivity index (χ2v) is 8.40. The summed E-state index contributed by atoms with van der Waals surface area (Å²) in [6.07, 6.45) is 0.158. The van der Waals surface area contributed by atoms with Crippen LogP contribution in [-0.4, -0.2) is 38.6 Å². The van der Waals surface area contributed by atoms with E-state index in [1.54, 1.807) is 13.2 Å². The summed E-state index contributed by atoms with van der Waals surface area (Å²) in [4.78, 5) is 18.5. The van der Waals surface area contributed by atoms with E-state index in [1.165, 1.54) is 11.3 Å².